The van der Waals surface area contributed by atoms with E-state index in [2.05, 4.69) is 151 Å². The van der Waals surface area contributed by atoms with Crippen molar-refractivity contribution in [2.75, 3.05) is 0 Å². The SMILES string of the molecule is c1ccc([P+](c2ccccc2)(c2ccccc2)c2ccc(-c3ccc(-c4cccnc4)cc3)cc2)cc1. The molecule has 176 valence electrons. The summed E-state index contributed by atoms with van der Waals surface area (Å²) >= 11 is 0. The molecule has 5 aromatic carbocycles. The maximum Gasteiger partial charge on any atom is 0.144 e. The van der Waals surface area contributed by atoms with Gasteiger partial charge in [0.25, 0.3) is 0 Å². The van der Waals surface area contributed by atoms with Crippen LogP contribution in [0.4, 0.5) is 0 Å². The van der Waals surface area contributed by atoms with Gasteiger partial charge in [-0.1, -0.05) is 97.1 Å². The van der Waals surface area contributed by atoms with Gasteiger partial charge < -0.3 is 0 Å². The summed E-state index contributed by atoms with van der Waals surface area (Å²) in [7, 11) is -2.07. The second kappa shape index (κ2) is 10.3. The Morgan fingerprint density at radius 1 is 0.324 bits per heavy atom. The molecule has 0 aliphatic carbocycles. The van der Waals surface area contributed by atoms with Crippen molar-refractivity contribution in [1.29, 1.82) is 0 Å². The number of hydrogen-bond acceptors (Lipinski definition) is 1. The molecular formula is C35H27NP+. The maximum absolute atomic E-state index is 4.25. The molecule has 0 saturated heterocycles. The van der Waals surface area contributed by atoms with Crippen LogP contribution >= 0.6 is 7.26 Å². The molecule has 0 N–H and O–H groups in total. The molecular weight excluding hydrogens is 465 g/mol. The van der Waals surface area contributed by atoms with E-state index in [-0.39, 0.29) is 0 Å². The Kier molecular flexibility index (Phi) is 6.46. The van der Waals surface area contributed by atoms with E-state index in [1.54, 1.807) is 0 Å². The van der Waals surface area contributed by atoms with E-state index >= 15 is 0 Å². The summed E-state index contributed by atoms with van der Waals surface area (Å²) in [6, 6.07) is 55.1. The highest BCUT2D eigenvalue weighted by Crippen LogP contribution is 2.54. The fraction of sp³-hybridized carbons (Fsp3) is 0. The first-order valence-corrected chi connectivity index (χ1v) is 14.3. The van der Waals surface area contributed by atoms with Gasteiger partial charge in [0.15, 0.2) is 0 Å². The quantitative estimate of drug-likeness (QED) is 0.227. The molecule has 0 aliphatic heterocycles. The van der Waals surface area contributed by atoms with Gasteiger partial charge in [0.05, 0.1) is 0 Å². The summed E-state index contributed by atoms with van der Waals surface area (Å²) in [5.74, 6) is 0. The lowest BCUT2D eigenvalue weighted by molar-refractivity contribution is 1.33. The van der Waals surface area contributed by atoms with Crippen molar-refractivity contribution < 1.29 is 0 Å². The van der Waals surface area contributed by atoms with Crippen molar-refractivity contribution >= 4 is 28.5 Å². The van der Waals surface area contributed by atoms with Crippen molar-refractivity contribution in [3.05, 3.63) is 164 Å². The van der Waals surface area contributed by atoms with Crippen LogP contribution in [-0.4, -0.2) is 4.98 Å². The minimum atomic E-state index is -2.07. The van der Waals surface area contributed by atoms with Crippen molar-refractivity contribution in [3.8, 4) is 22.3 Å². The van der Waals surface area contributed by atoms with Crippen LogP contribution in [0, 0.1) is 0 Å². The molecule has 1 aromatic heterocycles. The zero-order chi connectivity index (χ0) is 24.9. The van der Waals surface area contributed by atoms with Gasteiger partial charge in [-0.15, -0.1) is 0 Å². The first-order valence-electron chi connectivity index (χ1n) is 12.5. The summed E-state index contributed by atoms with van der Waals surface area (Å²) in [5.41, 5.74) is 4.74. The normalized spacial score (nSPS) is 11.2. The molecule has 0 bridgehead atoms. The summed E-state index contributed by atoms with van der Waals surface area (Å²) in [6.07, 6.45) is 3.71. The molecule has 0 unspecified atom stereocenters. The number of nitrogens with zero attached hydrogens (tertiary/aromatic N) is 1. The molecule has 0 amide bonds. The van der Waals surface area contributed by atoms with Gasteiger partial charge in [0.1, 0.15) is 28.5 Å². The van der Waals surface area contributed by atoms with E-state index in [0.717, 1.165) is 5.56 Å². The van der Waals surface area contributed by atoms with Gasteiger partial charge in [-0.25, -0.2) is 0 Å². The van der Waals surface area contributed by atoms with Crippen LogP contribution in [0.2, 0.25) is 0 Å². The Bertz CT molecular complexity index is 1470. The smallest absolute Gasteiger partial charge is 0.144 e. The number of rotatable bonds is 6. The van der Waals surface area contributed by atoms with Gasteiger partial charge >= 0.3 is 0 Å². The monoisotopic (exact) mass is 492 g/mol. The molecule has 0 spiro atoms. The number of hydrogen-bond donors (Lipinski definition) is 0. The Morgan fingerprint density at radius 2 is 0.703 bits per heavy atom. The minimum absolute atomic E-state index is 1.13. The lowest BCUT2D eigenvalue weighted by Crippen LogP contribution is -2.38. The van der Waals surface area contributed by atoms with E-state index in [0.29, 0.717) is 0 Å². The Morgan fingerprint density at radius 3 is 1.11 bits per heavy atom. The van der Waals surface area contributed by atoms with Crippen LogP contribution in [0.25, 0.3) is 22.3 Å². The molecule has 0 radical (unpaired) electrons. The van der Waals surface area contributed by atoms with Gasteiger partial charge in [0.2, 0.25) is 0 Å². The largest absolute Gasteiger partial charge is 0.264 e. The van der Waals surface area contributed by atoms with E-state index < -0.39 is 7.26 Å². The fourth-order valence-corrected chi connectivity index (χ4v) is 9.36. The third kappa shape index (κ3) is 4.40. The van der Waals surface area contributed by atoms with Crippen LogP contribution in [0.3, 0.4) is 0 Å². The minimum Gasteiger partial charge on any atom is -0.264 e. The van der Waals surface area contributed by atoms with Gasteiger partial charge in [-0.3, -0.25) is 4.98 Å². The van der Waals surface area contributed by atoms with Gasteiger partial charge in [-0.05, 0) is 76.9 Å². The summed E-state index contributed by atoms with van der Waals surface area (Å²) in [5, 5.41) is 5.44. The summed E-state index contributed by atoms with van der Waals surface area (Å²) in [6.45, 7) is 0. The topological polar surface area (TPSA) is 12.9 Å². The van der Waals surface area contributed by atoms with Crippen LogP contribution in [0.5, 0.6) is 0 Å². The molecule has 0 aliphatic rings. The van der Waals surface area contributed by atoms with E-state index in [4.69, 9.17) is 0 Å². The molecule has 6 aromatic rings. The summed E-state index contributed by atoms with van der Waals surface area (Å²) < 4.78 is 0. The van der Waals surface area contributed by atoms with E-state index in [1.165, 1.54) is 37.9 Å². The molecule has 1 heterocycles. The predicted octanol–water partition coefficient (Wildman–Crippen LogP) is 7.04. The molecule has 6 rings (SSSR count). The van der Waals surface area contributed by atoms with Crippen LogP contribution in [0.1, 0.15) is 0 Å². The molecule has 0 saturated carbocycles. The lowest BCUT2D eigenvalue weighted by atomic mass is 10.0. The predicted molar refractivity (Wildman–Crippen MR) is 160 cm³/mol. The molecule has 2 heteroatoms. The highest BCUT2D eigenvalue weighted by molar-refractivity contribution is 8.01. The zero-order valence-electron chi connectivity index (χ0n) is 20.5. The third-order valence-corrected chi connectivity index (χ3v) is 11.2. The molecule has 1 nitrogen and oxygen atoms in total. The first kappa shape index (κ1) is 23.1. The Labute approximate surface area is 219 Å². The second-order valence-corrected chi connectivity index (χ2v) is 12.5. The number of aromatic nitrogens is 1. The number of pyridine rings is 1. The molecule has 0 atom stereocenters. The van der Waals surface area contributed by atoms with Crippen molar-refractivity contribution in [1.82, 2.24) is 4.98 Å². The van der Waals surface area contributed by atoms with Crippen LogP contribution < -0.4 is 21.2 Å². The van der Waals surface area contributed by atoms with Crippen LogP contribution in [-0.2, 0) is 0 Å². The maximum atomic E-state index is 4.25. The Hall–Kier alpha value is -4.32. The van der Waals surface area contributed by atoms with E-state index in [9.17, 15) is 0 Å². The third-order valence-electron chi connectivity index (χ3n) is 6.90. The lowest BCUT2D eigenvalue weighted by Gasteiger charge is -2.27. The average molecular weight is 493 g/mol. The van der Waals surface area contributed by atoms with Crippen molar-refractivity contribution in [3.63, 3.8) is 0 Å². The second-order valence-electron chi connectivity index (χ2n) is 9.04. The molecule has 37 heavy (non-hydrogen) atoms. The zero-order valence-corrected chi connectivity index (χ0v) is 21.4. The standard InChI is InChI=1S/C35H27NP/c1-4-12-32(13-5-1)37(33-14-6-2-7-15-33,34-16-8-3-9-17-34)35-24-22-29(23-25-35)28-18-20-30(21-19-28)31-11-10-26-36-27-31/h1-27H/q+1. The highest BCUT2D eigenvalue weighted by atomic mass is 31.2. The van der Waals surface area contributed by atoms with Crippen LogP contribution in [0.15, 0.2) is 164 Å². The first-order chi connectivity index (χ1) is 18.4. The van der Waals surface area contributed by atoms with Crippen molar-refractivity contribution in [2.45, 2.75) is 0 Å². The van der Waals surface area contributed by atoms with Crippen molar-refractivity contribution in [2.24, 2.45) is 0 Å². The summed E-state index contributed by atoms with van der Waals surface area (Å²) in [4.78, 5) is 4.25. The van der Waals surface area contributed by atoms with E-state index in [1.807, 2.05) is 18.5 Å². The fourth-order valence-electron chi connectivity index (χ4n) is 5.12. The average Bonchev–Trinajstić information content (AvgIpc) is 3.00. The van der Waals surface area contributed by atoms with Gasteiger partial charge in [0, 0.05) is 12.4 Å². The molecule has 0 fully saturated rings. The number of benzene rings is 5. The Balaban J connectivity index is 1.47. The highest BCUT2D eigenvalue weighted by Gasteiger charge is 2.47. The van der Waals surface area contributed by atoms with Gasteiger partial charge in [-0.2, -0.15) is 0 Å².